The lowest BCUT2D eigenvalue weighted by atomic mass is 10.3. The van der Waals surface area contributed by atoms with Crippen LogP contribution in [0, 0.1) is 0 Å². The summed E-state index contributed by atoms with van der Waals surface area (Å²) in [5.74, 6) is -0.752. The van der Waals surface area contributed by atoms with Gasteiger partial charge in [-0.05, 0) is 19.1 Å². The third-order valence-electron chi connectivity index (χ3n) is 2.08. The second-order valence-electron chi connectivity index (χ2n) is 3.22. The lowest BCUT2D eigenvalue weighted by Crippen LogP contribution is -2.39. The highest BCUT2D eigenvalue weighted by Gasteiger charge is 2.17. The number of hydrogen-bond acceptors (Lipinski definition) is 3. The van der Waals surface area contributed by atoms with Gasteiger partial charge in [-0.3, -0.25) is 4.79 Å². The maximum Gasteiger partial charge on any atom is 0.328 e. The zero-order chi connectivity index (χ0) is 11.4. The van der Waals surface area contributed by atoms with Crippen LogP contribution in [0.2, 0.25) is 0 Å². The van der Waals surface area contributed by atoms with Gasteiger partial charge in [0.05, 0.1) is 7.11 Å². The van der Waals surface area contributed by atoms with E-state index in [0.29, 0.717) is 5.69 Å². The van der Waals surface area contributed by atoms with E-state index in [2.05, 4.69) is 10.1 Å². The third-order valence-corrected chi connectivity index (χ3v) is 2.08. The lowest BCUT2D eigenvalue weighted by molar-refractivity contribution is -0.142. The molecule has 1 rings (SSSR count). The summed E-state index contributed by atoms with van der Waals surface area (Å²) in [7, 11) is 3.05. The molecule has 1 amide bonds. The Balaban J connectivity index is 2.64. The van der Waals surface area contributed by atoms with Crippen molar-refractivity contribution in [3.63, 3.8) is 0 Å². The third kappa shape index (κ3) is 2.59. The molecule has 1 heterocycles. The van der Waals surface area contributed by atoms with Gasteiger partial charge in [0.2, 0.25) is 0 Å². The second-order valence-corrected chi connectivity index (χ2v) is 3.22. The number of ether oxygens (including phenoxy) is 1. The summed E-state index contributed by atoms with van der Waals surface area (Å²) in [5, 5.41) is 2.54. The first-order chi connectivity index (χ1) is 7.06. The maximum atomic E-state index is 11.6. The van der Waals surface area contributed by atoms with Crippen LogP contribution in [-0.2, 0) is 16.6 Å². The number of amides is 1. The normalized spacial score (nSPS) is 11.9. The minimum atomic E-state index is -0.641. The van der Waals surface area contributed by atoms with Crippen LogP contribution in [-0.4, -0.2) is 29.6 Å². The summed E-state index contributed by atoms with van der Waals surface area (Å²) in [4.78, 5) is 22.7. The fourth-order valence-corrected chi connectivity index (χ4v) is 1.20. The summed E-state index contributed by atoms with van der Waals surface area (Å²) >= 11 is 0. The zero-order valence-electron chi connectivity index (χ0n) is 8.98. The number of hydrogen-bond donors (Lipinski definition) is 1. The monoisotopic (exact) mass is 210 g/mol. The average Bonchev–Trinajstić information content (AvgIpc) is 2.63. The molecule has 1 N–H and O–H groups in total. The molecule has 0 aromatic carbocycles. The highest BCUT2D eigenvalue weighted by atomic mass is 16.5. The van der Waals surface area contributed by atoms with Crippen LogP contribution in [0.4, 0.5) is 0 Å². The van der Waals surface area contributed by atoms with E-state index in [9.17, 15) is 9.59 Å². The van der Waals surface area contributed by atoms with Gasteiger partial charge >= 0.3 is 5.97 Å². The molecule has 1 atom stereocenters. The van der Waals surface area contributed by atoms with Crippen LogP contribution >= 0.6 is 0 Å². The van der Waals surface area contributed by atoms with E-state index in [1.807, 2.05) is 0 Å². The zero-order valence-corrected chi connectivity index (χ0v) is 8.98. The molecule has 0 spiro atoms. The summed E-state index contributed by atoms with van der Waals surface area (Å²) in [5.41, 5.74) is 0.505. The molecule has 0 saturated heterocycles. The number of esters is 1. The van der Waals surface area contributed by atoms with Gasteiger partial charge in [0.25, 0.3) is 5.91 Å². The van der Waals surface area contributed by atoms with Crippen molar-refractivity contribution in [1.29, 1.82) is 0 Å². The Morgan fingerprint density at radius 2 is 2.20 bits per heavy atom. The van der Waals surface area contributed by atoms with Crippen molar-refractivity contribution in [2.24, 2.45) is 7.05 Å². The van der Waals surface area contributed by atoms with E-state index in [1.165, 1.54) is 7.11 Å². The van der Waals surface area contributed by atoms with Gasteiger partial charge in [0.15, 0.2) is 0 Å². The van der Waals surface area contributed by atoms with Crippen LogP contribution in [0.1, 0.15) is 17.4 Å². The fraction of sp³-hybridized carbons (Fsp3) is 0.400. The first-order valence-electron chi connectivity index (χ1n) is 4.56. The minimum absolute atomic E-state index is 0.291. The van der Waals surface area contributed by atoms with Crippen molar-refractivity contribution in [2.45, 2.75) is 13.0 Å². The Labute approximate surface area is 88.0 Å². The molecular formula is C10H14N2O3. The van der Waals surface area contributed by atoms with Gasteiger partial charge < -0.3 is 14.6 Å². The molecule has 5 heteroatoms. The van der Waals surface area contributed by atoms with Gasteiger partial charge in [-0.15, -0.1) is 0 Å². The van der Waals surface area contributed by atoms with Crippen LogP contribution < -0.4 is 5.32 Å². The molecule has 1 unspecified atom stereocenters. The molecule has 1 aromatic rings. The Morgan fingerprint density at radius 3 is 2.67 bits per heavy atom. The van der Waals surface area contributed by atoms with Crippen molar-refractivity contribution in [3.8, 4) is 0 Å². The number of nitrogens with zero attached hydrogens (tertiary/aromatic N) is 1. The Bertz CT molecular complexity index is 370. The lowest BCUT2D eigenvalue weighted by Gasteiger charge is -2.11. The van der Waals surface area contributed by atoms with Gasteiger partial charge in [0.1, 0.15) is 11.7 Å². The average molecular weight is 210 g/mol. The molecule has 5 nitrogen and oxygen atoms in total. The summed E-state index contributed by atoms with van der Waals surface area (Å²) in [6, 6.07) is 2.80. The Kier molecular flexibility index (Phi) is 3.49. The standard InChI is InChI=1S/C10H14N2O3/c1-7(10(14)15-3)11-9(13)8-5-4-6-12(8)2/h4-7H,1-3H3,(H,11,13). The number of aryl methyl sites for hydroxylation is 1. The number of carbonyl (C=O) groups is 2. The van der Waals surface area contributed by atoms with Crippen molar-refractivity contribution in [3.05, 3.63) is 24.0 Å². The highest BCUT2D eigenvalue weighted by molar-refractivity contribution is 5.95. The van der Waals surface area contributed by atoms with Crippen LogP contribution in [0.5, 0.6) is 0 Å². The Hall–Kier alpha value is -1.78. The molecule has 0 bridgehead atoms. The van der Waals surface area contributed by atoms with E-state index in [-0.39, 0.29) is 5.91 Å². The molecule has 0 radical (unpaired) electrons. The number of nitrogens with one attached hydrogen (secondary N) is 1. The van der Waals surface area contributed by atoms with Gasteiger partial charge in [-0.1, -0.05) is 0 Å². The first-order valence-corrected chi connectivity index (χ1v) is 4.56. The van der Waals surface area contributed by atoms with Crippen LogP contribution in [0.25, 0.3) is 0 Å². The van der Waals surface area contributed by atoms with E-state index < -0.39 is 12.0 Å². The predicted molar refractivity (Wildman–Crippen MR) is 54.4 cm³/mol. The van der Waals surface area contributed by atoms with Crippen molar-refractivity contribution < 1.29 is 14.3 Å². The fourth-order valence-electron chi connectivity index (χ4n) is 1.20. The summed E-state index contributed by atoms with van der Waals surface area (Å²) < 4.78 is 6.18. The van der Waals surface area contributed by atoms with Crippen molar-refractivity contribution in [1.82, 2.24) is 9.88 Å². The molecule has 0 fully saturated rings. The SMILES string of the molecule is COC(=O)C(C)NC(=O)c1cccn1C. The number of aromatic nitrogens is 1. The molecule has 1 aromatic heterocycles. The Morgan fingerprint density at radius 1 is 1.53 bits per heavy atom. The van der Waals surface area contributed by atoms with E-state index >= 15 is 0 Å². The molecule has 0 saturated carbocycles. The smallest absolute Gasteiger partial charge is 0.328 e. The molecular weight excluding hydrogens is 196 g/mol. The molecule has 15 heavy (non-hydrogen) atoms. The van der Waals surface area contributed by atoms with Crippen molar-refractivity contribution in [2.75, 3.05) is 7.11 Å². The van der Waals surface area contributed by atoms with E-state index in [4.69, 9.17) is 0 Å². The number of carbonyl (C=O) groups excluding carboxylic acids is 2. The topological polar surface area (TPSA) is 60.3 Å². The second kappa shape index (κ2) is 4.63. The van der Waals surface area contributed by atoms with Gasteiger partial charge in [-0.2, -0.15) is 0 Å². The number of rotatable bonds is 3. The molecule has 82 valence electrons. The molecule has 0 aliphatic carbocycles. The van der Waals surface area contributed by atoms with E-state index in [1.54, 1.807) is 36.9 Å². The summed E-state index contributed by atoms with van der Waals surface area (Å²) in [6.07, 6.45) is 1.76. The van der Waals surface area contributed by atoms with Crippen molar-refractivity contribution >= 4 is 11.9 Å². The molecule has 0 aliphatic rings. The minimum Gasteiger partial charge on any atom is -0.467 e. The summed E-state index contributed by atoms with van der Waals surface area (Å²) in [6.45, 7) is 1.58. The maximum absolute atomic E-state index is 11.6. The predicted octanol–water partition coefficient (Wildman–Crippen LogP) is 0.316. The largest absolute Gasteiger partial charge is 0.467 e. The quantitative estimate of drug-likeness (QED) is 0.731. The van der Waals surface area contributed by atoms with Crippen LogP contribution in [0.15, 0.2) is 18.3 Å². The van der Waals surface area contributed by atoms with Crippen LogP contribution in [0.3, 0.4) is 0 Å². The highest BCUT2D eigenvalue weighted by Crippen LogP contribution is 2.00. The first kappa shape index (κ1) is 11.3. The van der Waals surface area contributed by atoms with E-state index in [0.717, 1.165) is 0 Å². The van der Waals surface area contributed by atoms with Gasteiger partial charge in [0, 0.05) is 13.2 Å². The van der Waals surface area contributed by atoms with Gasteiger partial charge in [-0.25, -0.2) is 4.79 Å². The number of methoxy groups -OCH3 is 1. The molecule has 0 aliphatic heterocycles.